The molecule has 0 saturated carbocycles. The Morgan fingerprint density at radius 3 is 2.39 bits per heavy atom. The van der Waals surface area contributed by atoms with E-state index in [-0.39, 0.29) is 11.5 Å². The monoisotopic (exact) mass is 397 g/mol. The first-order chi connectivity index (χ1) is 13.3. The summed E-state index contributed by atoms with van der Waals surface area (Å²) in [6.07, 6.45) is 0. The summed E-state index contributed by atoms with van der Waals surface area (Å²) in [6.45, 7) is 4.56. The number of ether oxygens (including phenoxy) is 1. The summed E-state index contributed by atoms with van der Waals surface area (Å²) in [5.74, 6) is -1.40. The first-order valence-electron chi connectivity index (χ1n) is 8.32. The van der Waals surface area contributed by atoms with E-state index in [2.05, 4.69) is 10.6 Å². The molecule has 0 unspecified atom stereocenters. The Balaban J connectivity index is 1.98. The highest BCUT2D eigenvalue weighted by Gasteiger charge is 2.13. The number of hydrogen-bond acceptors (Lipinski definition) is 6. The molecule has 28 heavy (non-hydrogen) atoms. The number of thioether (sulfide) groups is 1. The Kier molecular flexibility index (Phi) is 7.18. The SMILES string of the molecule is CC(=O)Nc1cccc(C(=O)OCC(=O)Nc2c(C)cc(SC#N)cc2C)c1. The van der Waals surface area contributed by atoms with E-state index in [4.69, 9.17) is 10.00 Å². The van der Waals surface area contributed by atoms with Crippen LogP contribution in [0.1, 0.15) is 28.4 Å². The van der Waals surface area contributed by atoms with Crippen molar-refractivity contribution in [3.8, 4) is 5.40 Å². The minimum atomic E-state index is -0.670. The van der Waals surface area contributed by atoms with Crippen molar-refractivity contribution in [3.63, 3.8) is 0 Å². The van der Waals surface area contributed by atoms with Gasteiger partial charge in [0.1, 0.15) is 5.40 Å². The average Bonchev–Trinajstić information content (AvgIpc) is 2.62. The quantitative estimate of drug-likeness (QED) is 0.438. The van der Waals surface area contributed by atoms with E-state index < -0.39 is 18.5 Å². The van der Waals surface area contributed by atoms with Crippen molar-refractivity contribution in [3.05, 3.63) is 53.1 Å². The van der Waals surface area contributed by atoms with Crippen molar-refractivity contribution >= 4 is 40.9 Å². The Labute approximate surface area is 167 Å². The molecule has 0 fully saturated rings. The van der Waals surface area contributed by atoms with Crippen LogP contribution in [0.25, 0.3) is 0 Å². The molecule has 7 nitrogen and oxygen atoms in total. The van der Waals surface area contributed by atoms with Crippen LogP contribution < -0.4 is 10.6 Å². The summed E-state index contributed by atoms with van der Waals surface area (Å²) in [5, 5.41) is 16.1. The molecule has 0 aliphatic carbocycles. The van der Waals surface area contributed by atoms with Crippen molar-refractivity contribution in [2.45, 2.75) is 25.7 Å². The summed E-state index contributed by atoms with van der Waals surface area (Å²) in [4.78, 5) is 36.2. The Morgan fingerprint density at radius 2 is 1.79 bits per heavy atom. The Bertz CT molecular complexity index is 943. The van der Waals surface area contributed by atoms with Crippen LogP contribution in [0.3, 0.4) is 0 Å². The first kappa shape index (κ1) is 21.0. The zero-order valence-corrected chi connectivity index (χ0v) is 16.5. The fourth-order valence-electron chi connectivity index (χ4n) is 2.55. The third kappa shape index (κ3) is 5.86. The molecule has 0 saturated heterocycles. The lowest BCUT2D eigenvalue weighted by molar-refractivity contribution is -0.119. The number of amides is 2. The molecule has 0 aliphatic heterocycles. The summed E-state index contributed by atoms with van der Waals surface area (Å²) in [6, 6.07) is 9.86. The highest BCUT2D eigenvalue weighted by atomic mass is 32.2. The van der Waals surface area contributed by atoms with Gasteiger partial charge in [-0.05, 0) is 67.1 Å². The van der Waals surface area contributed by atoms with Gasteiger partial charge in [-0.15, -0.1) is 0 Å². The highest BCUT2D eigenvalue weighted by Crippen LogP contribution is 2.27. The number of thiocyanates is 1. The standard InChI is InChI=1S/C20H19N3O4S/c1-12-7-17(28-11-21)8-13(2)19(12)23-18(25)10-27-20(26)15-5-4-6-16(9-15)22-14(3)24/h4-9H,10H2,1-3H3,(H,22,24)(H,23,25). The third-order valence-electron chi connectivity index (χ3n) is 3.69. The maximum Gasteiger partial charge on any atom is 0.338 e. The molecular weight excluding hydrogens is 378 g/mol. The van der Waals surface area contributed by atoms with Crippen LogP contribution in [-0.2, 0) is 14.3 Å². The molecule has 2 aromatic carbocycles. The van der Waals surface area contributed by atoms with Crippen LogP contribution >= 0.6 is 11.8 Å². The number of hydrogen-bond donors (Lipinski definition) is 2. The lowest BCUT2D eigenvalue weighted by Gasteiger charge is -2.13. The summed E-state index contributed by atoms with van der Waals surface area (Å²) < 4.78 is 5.05. The number of carbonyl (C=O) groups is 3. The molecule has 0 heterocycles. The number of nitrogens with one attached hydrogen (secondary N) is 2. The second kappa shape index (κ2) is 9.58. The molecule has 2 rings (SSSR count). The molecule has 2 N–H and O–H groups in total. The van der Waals surface area contributed by atoms with E-state index in [1.54, 1.807) is 24.3 Å². The number of carbonyl (C=O) groups excluding carboxylic acids is 3. The van der Waals surface area contributed by atoms with Crippen molar-refractivity contribution < 1.29 is 19.1 Å². The molecule has 144 valence electrons. The summed E-state index contributed by atoms with van der Waals surface area (Å²) >= 11 is 1.04. The number of aryl methyl sites for hydroxylation is 2. The molecule has 2 aromatic rings. The number of benzene rings is 2. The van der Waals surface area contributed by atoms with Crippen molar-refractivity contribution in [2.75, 3.05) is 17.2 Å². The van der Waals surface area contributed by atoms with Gasteiger partial charge in [-0.2, -0.15) is 5.26 Å². The lowest BCUT2D eigenvalue weighted by atomic mass is 10.1. The zero-order valence-electron chi connectivity index (χ0n) is 15.7. The molecule has 0 bridgehead atoms. The van der Waals surface area contributed by atoms with E-state index in [1.807, 2.05) is 19.2 Å². The minimum absolute atomic E-state index is 0.226. The minimum Gasteiger partial charge on any atom is -0.452 e. The van der Waals surface area contributed by atoms with Crippen LogP contribution in [0.15, 0.2) is 41.3 Å². The van der Waals surface area contributed by atoms with Gasteiger partial charge in [-0.1, -0.05) is 6.07 Å². The molecule has 0 spiro atoms. The van der Waals surface area contributed by atoms with Gasteiger partial charge in [0.2, 0.25) is 5.91 Å². The fourth-order valence-corrected chi connectivity index (χ4v) is 3.13. The fraction of sp³-hybridized carbons (Fsp3) is 0.200. The van der Waals surface area contributed by atoms with Crippen LogP contribution in [0.4, 0.5) is 11.4 Å². The topological polar surface area (TPSA) is 108 Å². The van der Waals surface area contributed by atoms with Gasteiger partial charge in [0.15, 0.2) is 6.61 Å². The average molecular weight is 397 g/mol. The van der Waals surface area contributed by atoms with Crippen molar-refractivity contribution in [1.29, 1.82) is 5.26 Å². The maximum absolute atomic E-state index is 12.2. The third-order valence-corrected chi connectivity index (χ3v) is 4.25. The Hall–Kier alpha value is -3.31. The van der Waals surface area contributed by atoms with Gasteiger partial charge < -0.3 is 15.4 Å². The number of nitrogens with zero attached hydrogens (tertiary/aromatic N) is 1. The molecule has 0 aromatic heterocycles. The van der Waals surface area contributed by atoms with Crippen LogP contribution in [0, 0.1) is 24.5 Å². The molecule has 8 heteroatoms. The van der Waals surface area contributed by atoms with Gasteiger partial charge in [0.25, 0.3) is 5.91 Å². The summed E-state index contributed by atoms with van der Waals surface area (Å²) in [5.41, 5.74) is 2.93. The lowest BCUT2D eigenvalue weighted by Crippen LogP contribution is -2.22. The predicted molar refractivity (Wildman–Crippen MR) is 107 cm³/mol. The molecule has 2 amide bonds. The second-order valence-electron chi connectivity index (χ2n) is 6.01. The van der Waals surface area contributed by atoms with Gasteiger partial charge in [-0.25, -0.2) is 4.79 Å². The molecule has 0 radical (unpaired) electrons. The normalized spacial score (nSPS) is 9.93. The van der Waals surface area contributed by atoms with E-state index >= 15 is 0 Å². The zero-order chi connectivity index (χ0) is 20.7. The van der Waals surface area contributed by atoms with Crippen LogP contribution in [0.5, 0.6) is 0 Å². The van der Waals surface area contributed by atoms with Crippen LogP contribution in [-0.4, -0.2) is 24.4 Å². The number of rotatable bonds is 6. The van der Waals surface area contributed by atoms with Gasteiger partial charge >= 0.3 is 5.97 Å². The first-order valence-corrected chi connectivity index (χ1v) is 9.13. The number of anilines is 2. The number of nitriles is 1. The van der Waals surface area contributed by atoms with E-state index in [9.17, 15) is 14.4 Å². The smallest absolute Gasteiger partial charge is 0.338 e. The molecular formula is C20H19N3O4S. The molecule has 0 aliphatic rings. The van der Waals surface area contributed by atoms with Crippen molar-refractivity contribution in [1.82, 2.24) is 0 Å². The second-order valence-corrected chi connectivity index (χ2v) is 6.87. The summed E-state index contributed by atoms with van der Waals surface area (Å²) in [7, 11) is 0. The number of esters is 1. The van der Waals surface area contributed by atoms with Gasteiger partial charge in [-0.3, -0.25) is 9.59 Å². The van der Waals surface area contributed by atoms with E-state index in [1.165, 1.54) is 19.1 Å². The largest absolute Gasteiger partial charge is 0.452 e. The predicted octanol–water partition coefficient (Wildman–Crippen LogP) is 3.63. The Morgan fingerprint density at radius 1 is 1.11 bits per heavy atom. The van der Waals surface area contributed by atoms with E-state index in [0.29, 0.717) is 11.4 Å². The highest BCUT2D eigenvalue weighted by molar-refractivity contribution is 8.03. The van der Waals surface area contributed by atoms with Gasteiger partial charge in [0.05, 0.1) is 5.56 Å². The van der Waals surface area contributed by atoms with Crippen molar-refractivity contribution in [2.24, 2.45) is 0 Å². The van der Waals surface area contributed by atoms with Gasteiger partial charge in [0, 0.05) is 23.2 Å². The maximum atomic E-state index is 12.2. The van der Waals surface area contributed by atoms with Crippen LogP contribution in [0.2, 0.25) is 0 Å². The van der Waals surface area contributed by atoms with E-state index in [0.717, 1.165) is 27.8 Å². The molecule has 0 atom stereocenters.